The first-order valence-electron chi connectivity index (χ1n) is 11.6. The van der Waals surface area contributed by atoms with Crippen LogP contribution in [0.4, 0.5) is 19.0 Å². The maximum Gasteiger partial charge on any atom is 0.573 e. The highest BCUT2D eigenvalue weighted by atomic mass is 19.4. The molecule has 0 spiro atoms. The van der Waals surface area contributed by atoms with E-state index in [-0.39, 0.29) is 17.5 Å². The first-order valence-corrected chi connectivity index (χ1v) is 11.6. The van der Waals surface area contributed by atoms with Crippen LogP contribution in [0.1, 0.15) is 17.7 Å². The van der Waals surface area contributed by atoms with Crippen LogP contribution in [0, 0.1) is 6.92 Å². The van der Waals surface area contributed by atoms with Gasteiger partial charge in [0.15, 0.2) is 5.69 Å². The summed E-state index contributed by atoms with van der Waals surface area (Å²) in [5.74, 6) is 1.03. The van der Waals surface area contributed by atoms with Crippen molar-refractivity contribution in [2.45, 2.75) is 26.3 Å². The van der Waals surface area contributed by atoms with E-state index in [9.17, 15) is 13.2 Å². The quantitative estimate of drug-likeness (QED) is 0.302. The van der Waals surface area contributed by atoms with Gasteiger partial charge < -0.3 is 19.1 Å². The molecule has 3 heterocycles. The molecular formula is C25H28F3N7O2. The van der Waals surface area contributed by atoms with Crippen LogP contribution in [0.3, 0.4) is 0 Å². The standard InChI is InChI=1S/C25H28F3N7O2/c1-17-14-21(24-30-23(32-37-24)19-7-9-20(10-8-19)36-25(26,27)28)31-35(17)16-18-6-11-22(29-15-18)34(4)13-5-12-33(2)3/h6-11,14-15H,5,12-13,16H2,1-4H3. The molecule has 1 aromatic carbocycles. The zero-order valence-electron chi connectivity index (χ0n) is 21.0. The Bertz CT molecular complexity index is 1300. The molecule has 0 aliphatic heterocycles. The van der Waals surface area contributed by atoms with Gasteiger partial charge in [0.05, 0.1) is 6.54 Å². The van der Waals surface area contributed by atoms with Gasteiger partial charge in [0, 0.05) is 31.0 Å². The maximum atomic E-state index is 12.4. The van der Waals surface area contributed by atoms with Crippen molar-refractivity contribution in [3.8, 4) is 28.7 Å². The van der Waals surface area contributed by atoms with E-state index in [1.165, 1.54) is 24.3 Å². The Balaban J connectivity index is 1.40. The molecule has 0 radical (unpaired) electrons. The fourth-order valence-corrected chi connectivity index (χ4v) is 3.67. The van der Waals surface area contributed by atoms with Gasteiger partial charge >= 0.3 is 6.36 Å². The van der Waals surface area contributed by atoms with Gasteiger partial charge in [0.25, 0.3) is 5.89 Å². The molecule has 37 heavy (non-hydrogen) atoms. The van der Waals surface area contributed by atoms with Crippen molar-refractivity contribution in [1.82, 2.24) is 29.8 Å². The first-order chi connectivity index (χ1) is 17.6. The molecule has 4 aromatic rings. The number of alkyl halides is 3. The Morgan fingerprint density at radius 3 is 2.43 bits per heavy atom. The monoisotopic (exact) mass is 515 g/mol. The summed E-state index contributed by atoms with van der Waals surface area (Å²) in [5, 5.41) is 8.52. The van der Waals surface area contributed by atoms with Crippen molar-refractivity contribution in [3.63, 3.8) is 0 Å². The highest BCUT2D eigenvalue weighted by molar-refractivity contribution is 5.59. The minimum absolute atomic E-state index is 0.209. The van der Waals surface area contributed by atoms with Crippen LogP contribution < -0.4 is 9.64 Å². The zero-order chi connectivity index (χ0) is 26.6. The molecule has 0 unspecified atom stereocenters. The molecule has 196 valence electrons. The molecule has 0 atom stereocenters. The third-order valence-corrected chi connectivity index (χ3v) is 5.60. The van der Waals surface area contributed by atoms with E-state index in [4.69, 9.17) is 4.52 Å². The summed E-state index contributed by atoms with van der Waals surface area (Å²) in [6, 6.07) is 11.1. The van der Waals surface area contributed by atoms with E-state index in [0.717, 1.165) is 36.6 Å². The van der Waals surface area contributed by atoms with Crippen molar-refractivity contribution in [2.75, 3.05) is 39.1 Å². The lowest BCUT2D eigenvalue weighted by molar-refractivity contribution is -0.274. The zero-order valence-corrected chi connectivity index (χ0v) is 21.0. The summed E-state index contributed by atoms with van der Waals surface area (Å²) in [4.78, 5) is 13.2. The predicted octanol–water partition coefficient (Wildman–Crippen LogP) is 4.64. The second kappa shape index (κ2) is 11.0. The number of anilines is 1. The van der Waals surface area contributed by atoms with E-state index >= 15 is 0 Å². The molecule has 0 amide bonds. The third kappa shape index (κ3) is 7.06. The summed E-state index contributed by atoms with van der Waals surface area (Å²) in [5.41, 5.74) is 2.88. The number of hydrogen-bond acceptors (Lipinski definition) is 8. The minimum Gasteiger partial charge on any atom is -0.406 e. The number of benzene rings is 1. The van der Waals surface area contributed by atoms with Gasteiger partial charge in [-0.2, -0.15) is 10.1 Å². The van der Waals surface area contributed by atoms with E-state index < -0.39 is 6.36 Å². The second-order valence-electron chi connectivity index (χ2n) is 8.93. The van der Waals surface area contributed by atoms with Crippen LogP contribution in [0.25, 0.3) is 23.0 Å². The summed E-state index contributed by atoms with van der Waals surface area (Å²) in [6.07, 6.45) is -1.86. The molecule has 0 aliphatic rings. The van der Waals surface area contributed by atoms with Crippen LogP contribution in [-0.2, 0) is 6.54 Å². The molecule has 4 rings (SSSR count). The topological polar surface area (TPSA) is 85.3 Å². The molecule has 9 nitrogen and oxygen atoms in total. The van der Waals surface area contributed by atoms with Gasteiger partial charge in [0.2, 0.25) is 5.82 Å². The van der Waals surface area contributed by atoms with Gasteiger partial charge in [-0.25, -0.2) is 4.98 Å². The predicted molar refractivity (Wildman–Crippen MR) is 132 cm³/mol. The first kappa shape index (κ1) is 26.1. The summed E-state index contributed by atoms with van der Waals surface area (Å²) in [6.45, 7) is 4.39. The fraction of sp³-hybridized carbons (Fsp3) is 0.360. The highest BCUT2D eigenvalue weighted by Crippen LogP contribution is 2.27. The van der Waals surface area contributed by atoms with Crippen LogP contribution in [0.15, 0.2) is 53.2 Å². The van der Waals surface area contributed by atoms with Crippen LogP contribution in [0.2, 0.25) is 0 Å². The average molecular weight is 516 g/mol. The molecule has 0 saturated carbocycles. The number of aryl methyl sites for hydroxylation is 1. The lowest BCUT2D eigenvalue weighted by atomic mass is 10.2. The Labute approximate surface area is 212 Å². The van der Waals surface area contributed by atoms with Crippen molar-refractivity contribution in [2.24, 2.45) is 0 Å². The molecular weight excluding hydrogens is 487 g/mol. The Hall–Kier alpha value is -3.93. The van der Waals surface area contributed by atoms with Crippen LogP contribution >= 0.6 is 0 Å². The van der Waals surface area contributed by atoms with Crippen molar-refractivity contribution < 1.29 is 22.4 Å². The fourth-order valence-electron chi connectivity index (χ4n) is 3.67. The number of pyridine rings is 1. The van der Waals surface area contributed by atoms with E-state index in [1.807, 2.05) is 43.0 Å². The number of rotatable bonds is 10. The van der Waals surface area contributed by atoms with Gasteiger partial charge in [-0.05, 0) is 75.9 Å². The minimum atomic E-state index is -4.75. The van der Waals surface area contributed by atoms with Gasteiger partial charge in [-0.15, -0.1) is 13.2 Å². The largest absolute Gasteiger partial charge is 0.573 e. The molecule has 0 saturated heterocycles. The normalized spacial score (nSPS) is 11.8. The lowest BCUT2D eigenvalue weighted by Gasteiger charge is -2.19. The molecule has 3 aromatic heterocycles. The van der Waals surface area contributed by atoms with Crippen LogP contribution in [-0.4, -0.2) is 70.4 Å². The number of ether oxygens (including phenoxy) is 1. The summed E-state index contributed by atoms with van der Waals surface area (Å²) >= 11 is 0. The van der Waals surface area contributed by atoms with Gasteiger partial charge in [0.1, 0.15) is 11.6 Å². The molecule has 0 bridgehead atoms. The van der Waals surface area contributed by atoms with Crippen LogP contribution in [0.5, 0.6) is 5.75 Å². The average Bonchev–Trinajstić information content (AvgIpc) is 3.46. The Kier molecular flexibility index (Phi) is 7.77. The second-order valence-corrected chi connectivity index (χ2v) is 8.93. The Morgan fingerprint density at radius 1 is 1.03 bits per heavy atom. The van der Waals surface area contributed by atoms with Crippen molar-refractivity contribution >= 4 is 5.82 Å². The summed E-state index contributed by atoms with van der Waals surface area (Å²) < 4.78 is 48.2. The van der Waals surface area contributed by atoms with Gasteiger partial charge in [-0.1, -0.05) is 11.2 Å². The summed E-state index contributed by atoms with van der Waals surface area (Å²) in [7, 11) is 6.16. The van der Waals surface area contributed by atoms with E-state index in [0.29, 0.717) is 17.8 Å². The maximum absolute atomic E-state index is 12.4. The SMILES string of the molecule is Cc1cc(-c2nc(-c3ccc(OC(F)(F)F)cc3)no2)nn1Cc1ccc(N(C)CCCN(C)C)nc1. The number of aromatic nitrogens is 5. The van der Waals surface area contributed by atoms with E-state index in [2.05, 4.69) is 48.9 Å². The highest BCUT2D eigenvalue weighted by Gasteiger charge is 2.31. The van der Waals surface area contributed by atoms with Crippen molar-refractivity contribution in [1.29, 1.82) is 0 Å². The van der Waals surface area contributed by atoms with Crippen molar-refractivity contribution in [3.05, 3.63) is 59.9 Å². The number of nitrogens with zero attached hydrogens (tertiary/aromatic N) is 7. The smallest absolute Gasteiger partial charge is 0.406 e. The lowest BCUT2D eigenvalue weighted by Crippen LogP contribution is -2.24. The molecule has 12 heteroatoms. The Morgan fingerprint density at radius 2 is 1.78 bits per heavy atom. The number of hydrogen-bond donors (Lipinski definition) is 0. The molecule has 0 fully saturated rings. The van der Waals surface area contributed by atoms with E-state index in [1.54, 1.807) is 0 Å². The third-order valence-electron chi connectivity index (χ3n) is 5.60. The molecule has 0 aliphatic carbocycles. The van der Waals surface area contributed by atoms with Gasteiger partial charge in [-0.3, -0.25) is 4.68 Å². The number of halogens is 3. The molecule has 0 N–H and O–H groups in total.